The highest BCUT2D eigenvalue weighted by molar-refractivity contribution is 5.16. The van der Waals surface area contributed by atoms with Crippen LogP contribution in [-0.4, -0.2) is 30.2 Å². The number of likely N-dealkylation sites (tertiary alicyclic amines) is 1. The van der Waals surface area contributed by atoms with Crippen molar-refractivity contribution < 1.29 is 4.74 Å². The summed E-state index contributed by atoms with van der Waals surface area (Å²) in [6.07, 6.45) is 1.19. The van der Waals surface area contributed by atoms with Gasteiger partial charge in [-0.1, -0.05) is 51.1 Å². The molecule has 1 aromatic carbocycles. The predicted molar refractivity (Wildman–Crippen MR) is 78.0 cm³/mol. The first-order valence-electron chi connectivity index (χ1n) is 7.46. The summed E-state index contributed by atoms with van der Waals surface area (Å²) in [5.41, 5.74) is 1.90. The molecule has 2 aliphatic heterocycles. The molecule has 2 atom stereocenters. The van der Waals surface area contributed by atoms with E-state index in [1.165, 1.54) is 12.0 Å². The second-order valence-corrected chi connectivity index (χ2v) is 6.80. The quantitative estimate of drug-likeness (QED) is 0.774. The van der Waals surface area contributed by atoms with Crippen molar-refractivity contribution in [2.45, 2.75) is 39.3 Å². The van der Waals surface area contributed by atoms with Crippen LogP contribution in [0.2, 0.25) is 0 Å². The van der Waals surface area contributed by atoms with E-state index in [0.717, 1.165) is 26.2 Å². The van der Waals surface area contributed by atoms with Crippen LogP contribution in [0.25, 0.3) is 0 Å². The second-order valence-electron chi connectivity index (χ2n) is 6.80. The Morgan fingerprint density at radius 2 is 1.95 bits per heavy atom. The van der Waals surface area contributed by atoms with E-state index in [0.29, 0.717) is 11.3 Å². The van der Waals surface area contributed by atoms with E-state index in [2.05, 4.69) is 56.0 Å². The minimum atomic E-state index is 0.189. The molecule has 2 nitrogen and oxygen atoms in total. The molecule has 2 heterocycles. The number of hydrogen-bond acceptors (Lipinski definition) is 2. The molecule has 1 spiro atoms. The molecule has 2 saturated heterocycles. The largest absolute Gasteiger partial charge is 0.369 e. The molecule has 0 radical (unpaired) electrons. The van der Waals surface area contributed by atoms with E-state index in [1.54, 1.807) is 0 Å². The van der Waals surface area contributed by atoms with Crippen LogP contribution in [0, 0.1) is 11.3 Å². The van der Waals surface area contributed by atoms with Gasteiger partial charge in [-0.25, -0.2) is 0 Å². The molecule has 2 unspecified atom stereocenters. The Morgan fingerprint density at radius 3 is 2.53 bits per heavy atom. The van der Waals surface area contributed by atoms with Crippen molar-refractivity contribution >= 4 is 0 Å². The van der Waals surface area contributed by atoms with Crippen LogP contribution in [-0.2, 0) is 11.3 Å². The SMILES string of the molecule is CC(C)C1(C)CN(Cc2ccccc2)CCC12CO2. The van der Waals surface area contributed by atoms with Crippen molar-refractivity contribution in [1.82, 2.24) is 4.90 Å². The number of piperidine rings is 1. The van der Waals surface area contributed by atoms with Crippen molar-refractivity contribution in [2.24, 2.45) is 11.3 Å². The lowest BCUT2D eigenvalue weighted by molar-refractivity contribution is -0.0227. The van der Waals surface area contributed by atoms with Crippen molar-refractivity contribution in [3.63, 3.8) is 0 Å². The Morgan fingerprint density at radius 1 is 1.26 bits per heavy atom. The summed E-state index contributed by atoms with van der Waals surface area (Å²) in [7, 11) is 0. The molecule has 0 amide bonds. The Balaban J connectivity index is 1.73. The van der Waals surface area contributed by atoms with Gasteiger partial charge in [-0.3, -0.25) is 4.90 Å². The Bertz CT molecular complexity index is 438. The molecule has 2 fully saturated rings. The smallest absolute Gasteiger partial charge is 0.0996 e. The van der Waals surface area contributed by atoms with Crippen molar-refractivity contribution in [3.05, 3.63) is 35.9 Å². The van der Waals surface area contributed by atoms with E-state index >= 15 is 0 Å². The monoisotopic (exact) mass is 259 g/mol. The number of rotatable bonds is 3. The summed E-state index contributed by atoms with van der Waals surface area (Å²) < 4.78 is 5.89. The topological polar surface area (TPSA) is 15.8 Å². The Labute approximate surface area is 116 Å². The first kappa shape index (κ1) is 13.1. The molecule has 0 N–H and O–H groups in total. The van der Waals surface area contributed by atoms with E-state index in [4.69, 9.17) is 4.74 Å². The molecular formula is C17H25NO. The number of benzene rings is 1. The number of epoxide rings is 1. The lowest BCUT2D eigenvalue weighted by Gasteiger charge is -2.47. The summed E-state index contributed by atoms with van der Waals surface area (Å²) in [6, 6.07) is 10.8. The maximum absolute atomic E-state index is 5.89. The standard InChI is InChI=1S/C17H25NO/c1-14(2)16(3)12-18(10-9-17(16)13-19-17)11-15-7-5-4-6-8-15/h4-8,14H,9-13H2,1-3H3. The first-order chi connectivity index (χ1) is 9.06. The van der Waals surface area contributed by atoms with Gasteiger partial charge in [0.25, 0.3) is 0 Å². The molecule has 0 bridgehead atoms. The zero-order valence-electron chi connectivity index (χ0n) is 12.4. The highest BCUT2D eigenvalue weighted by Gasteiger charge is 2.61. The molecule has 2 heteroatoms. The van der Waals surface area contributed by atoms with Gasteiger partial charge in [-0.2, -0.15) is 0 Å². The molecular weight excluding hydrogens is 234 g/mol. The van der Waals surface area contributed by atoms with Gasteiger partial charge < -0.3 is 4.74 Å². The lowest BCUT2D eigenvalue weighted by atomic mass is 9.65. The zero-order valence-corrected chi connectivity index (χ0v) is 12.4. The minimum absolute atomic E-state index is 0.189. The summed E-state index contributed by atoms with van der Waals surface area (Å²) >= 11 is 0. The lowest BCUT2D eigenvalue weighted by Crippen LogP contribution is -2.54. The van der Waals surface area contributed by atoms with E-state index in [9.17, 15) is 0 Å². The van der Waals surface area contributed by atoms with Gasteiger partial charge in [0, 0.05) is 25.0 Å². The van der Waals surface area contributed by atoms with E-state index < -0.39 is 0 Å². The third-order valence-electron chi connectivity index (χ3n) is 5.44. The molecule has 0 aromatic heterocycles. The second kappa shape index (κ2) is 4.60. The van der Waals surface area contributed by atoms with Gasteiger partial charge in [0.2, 0.25) is 0 Å². The van der Waals surface area contributed by atoms with Gasteiger partial charge >= 0.3 is 0 Å². The summed E-state index contributed by atoms with van der Waals surface area (Å²) in [5.74, 6) is 0.661. The van der Waals surface area contributed by atoms with Gasteiger partial charge in [-0.05, 0) is 17.9 Å². The fourth-order valence-electron chi connectivity index (χ4n) is 3.56. The van der Waals surface area contributed by atoms with Crippen molar-refractivity contribution in [1.29, 1.82) is 0 Å². The van der Waals surface area contributed by atoms with Crippen molar-refractivity contribution in [3.8, 4) is 0 Å². The molecule has 19 heavy (non-hydrogen) atoms. The molecule has 0 aliphatic carbocycles. The van der Waals surface area contributed by atoms with Gasteiger partial charge in [0.15, 0.2) is 0 Å². The summed E-state index contributed by atoms with van der Waals surface area (Å²) in [6.45, 7) is 11.5. The first-order valence-corrected chi connectivity index (χ1v) is 7.46. The fraction of sp³-hybridized carbons (Fsp3) is 0.647. The fourth-order valence-corrected chi connectivity index (χ4v) is 3.56. The van der Waals surface area contributed by atoms with Crippen LogP contribution in [0.3, 0.4) is 0 Å². The Kier molecular flexibility index (Phi) is 3.18. The van der Waals surface area contributed by atoms with Crippen LogP contribution in [0.5, 0.6) is 0 Å². The average Bonchev–Trinajstić information content (AvgIpc) is 3.17. The number of ether oxygens (including phenoxy) is 1. The summed E-state index contributed by atoms with van der Waals surface area (Å²) in [4.78, 5) is 2.60. The average molecular weight is 259 g/mol. The van der Waals surface area contributed by atoms with Crippen LogP contribution in [0.4, 0.5) is 0 Å². The molecule has 3 rings (SSSR count). The van der Waals surface area contributed by atoms with Gasteiger partial charge in [0.05, 0.1) is 12.2 Å². The normalized spacial score (nSPS) is 34.9. The van der Waals surface area contributed by atoms with E-state index in [1.807, 2.05) is 0 Å². The zero-order chi connectivity index (χ0) is 13.5. The maximum Gasteiger partial charge on any atom is 0.0996 e. The molecule has 0 saturated carbocycles. The van der Waals surface area contributed by atoms with Gasteiger partial charge in [-0.15, -0.1) is 0 Å². The number of nitrogens with zero attached hydrogens (tertiary/aromatic N) is 1. The number of hydrogen-bond donors (Lipinski definition) is 0. The molecule has 104 valence electrons. The van der Waals surface area contributed by atoms with E-state index in [-0.39, 0.29) is 5.60 Å². The van der Waals surface area contributed by atoms with Crippen molar-refractivity contribution in [2.75, 3.05) is 19.7 Å². The minimum Gasteiger partial charge on any atom is -0.369 e. The van der Waals surface area contributed by atoms with Crippen LogP contribution in [0.15, 0.2) is 30.3 Å². The van der Waals surface area contributed by atoms with Crippen LogP contribution >= 0.6 is 0 Å². The third kappa shape index (κ3) is 2.21. The summed E-state index contributed by atoms with van der Waals surface area (Å²) in [5, 5.41) is 0. The highest BCUT2D eigenvalue weighted by atomic mass is 16.6. The third-order valence-corrected chi connectivity index (χ3v) is 5.44. The Hall–Kier alpha value is -0.860. The highest BCUT2D eigenvalue weighted by Crippen LogP contribution is 2.54. The van der Waals surface area contributed by atoms with Crippen LogP contribution in [0.1, 0.15) is 32.8 Å². The van der Waals surface area contributed by atoms with Crippen LogP contribution < -0.4 is 0 Å². The maximum atomic E-state index is 5.89. The molecule has 1 aromatic rings. The predicted octanol–water partition coefficient (Wildman–Crippen LogP) is 3.32. The van der Waals surface area contributed by atoms with Gasteiger partial charge in [0.1, 0.15) is 0 Å². The molecule has 2 aliphatic rings.